The second-order valence-corrected chi connectivity index (χ2v) is 7.98. The minimum Gasteiger partial charge on any atom is -0.494 e. The van der Waals surface area contributed by atoms with Crippen LogP contribution >= 0.6 is 0 Å². The third kappa shape index (κ3) is 6.82. The summed E-state index contributed by atoms with van der Waals surface area (Å²) >= 11 is 0. The lowest BCUT2D eigenvalue weighted by atomic mass is 10.0. The van der Waals surface area contributed by atoms with Crippen molar-refractivity contribution >= 4 is 5.96 Å². The number of rotatable bonds is 8. The number of nitrogens with one attached hydrogen (secondary N) is 2. The van der Waals surface area contributed by atoms with Crippen LogP contribution in [0.5, 0.6) is 11.5 Å². The van der Waals surface area contributed by atoms with Gasteiger partial charge < -0.3 is 20.1 Å². The van der Waals surface area contributed by atoms with Crippen LogP contribution in [0.1, 0.15) is 25.3 Å². The predicted molar refractivity (Wildman–Crippen MR) is 122 cm³/mol. The molecular weight excluding hydrogens is 414 g/mol. The molecule has 0 aliphatic carbocycles. The Labute approximate surface area is 188 Å². The number of likely N-dealkylation sites (tertiary alicyclic amines) is 1. The fraction of sp³-hybridized carbons (Fsp3) is 0.458. The maximum Gasteiger partial charge on any atom is 0.191 e. The van der Waals surface area contributed by atoms with Crippen LogP contribution in [-0.4, -0.2) is 56.8 Å². The van der Waals surface area contributed by atoms with Crippen molar-refractivity contribution in [2.24, 2.45) is 4.99 Å². The van der Waals surface area contributed by atoms with Gasteiger partial charge in [0.1, 0.15) is 6.10 Å². The van der Waals surface area contributed by atoms with Gasteiger partial charge in [0, 0.05) is 32.7 Å². The lowest BCUT2D eigenvalue weighted by Gasteiger charge is -2.33. The number of halogens is 2. The Bertz CT molecular complexity index is 901. The van der Waals surface area contributed by atoms with Gasteiger partial charge in [-0.2, -0.15) is 0 Å². The highest BCUT2D eigenvalue weighted by atomic mass is 19.1. The van der Waals surface area contributed by atoms with Crippen molar-refractivity contribution in [2.75, 3.05) is 33.8 Å². The van der Waals surface area contributed by atoms with Gasteiger partial charge in [-0.3, -0.25) is 9.89 Å². The molecule has 0 aromatic heterocycles. The molecule has 2 aromatic rings. The first-order valence-electron chi connectivity index (χ1n) is 10.9. The molecular formula is C24H32F2N4O2. The van der Waals surface area contributed by atoms with Crippen LogP contribution < -0.4 is 20.1 Å². The lowest BCUT2D eigenvalue weighted by molar-refractivity contribution is 0.197. The minimum absolute atomic E-state index is 0.225. The maximum atomic E-state index is 13.9. The molecule has 0 bridgehead atoms. The van der Waals surface area contributed by atoms with Crippen LogP contribution in [0.15, 0.2) is 47.5 Å². The molecule has 2 N–H and O–H groups in total. The highest BCUT2D eigenvalue weighted by molar-refractivity contribution is 5.80. The summed E-state index contributed by atoms with van der Waals surface area (Å²) < 4.78 is 38.3. The van der Waals surface area contributed by atoms with E-state index in [9.17, 15) is 8.78 Å². The molecule has 0 amide bonds. The largest absolute Gasteiger partial charge is 0.494 e. The number of hydrogen-bond donors (Lipinski definition) is 2. The van der Waals surface area contributed by atoms with E-state index in [1.807, 2.05) is 13.0 Å². The van der Waals surface area contributed by atoms with Crippen molar-refractivity contribution < 1.29 is 18.3 Å². The Hall–Kier alpha value is -2.87. The summed E-state index contributed by atoms with van der Waals surface area (Å²) in [6, 6.07) is 11.8. The molecule has 1 fully saturated rings. The minimum atomic E-state index is -0.369. The number of hydrogen-bond acceptors (Lipinski definition) is 4. The molecule has 1 heterocycles. The third-order valence-corrected chi connectivity index (χ3v) is 5.50. The number of para-hydroxylation sites is 1. The van der Waals surface area contributed by atoms with Gasteiger partial charge in [-0.25, -0.2) is 8.78 Å². The zero-order chi connectivity index (χ0) is 22.9. The Morgan fingerprint density at radius 1 is 1.12 bits per heavy atom. The van der Waals surface area contributed by atoms with Crippen LogP contribution in [-0.2, 0) is 6.54 Å². The first-order chi connectivity index (χ1) is 15.5. The monoisotopic (exact) mass is 446 g/mol. The van der Waals surface area contributed by atoms with E-state index in [1.165, 1.54) is 13.2 Å². The molecule has 3 rings (SSSR count). The normalized spacial score (nSPS) is 16.5. The SMILES string of the molecule is CN=C(NCC(C)Oc1ccccc1F)NC1CCN(Cc2ccc(OC)c(F)c2)CC1. The van der Waals surface area contributed by atoms with Gasteiger partial charge in [0.25, 0.3) is 0 Å². The fourth-order valence-electron chi connectivity index (χ4n) is 3.73. The molecule has 1 atom stereocenters. The first-order valence-corrected chi connectivity index (χ1v) is 10.9. The molecule has 8 heteroatoms. The number of ether oxygens (including phenoxy) is 2. The predicted octanol–water partition coefficient (Wildman–Crippen LogP) is 3.57. The van der Waals surface area contributed by atoms with Gasteiger partial charge in [0.2, 0.25) is 0 Å². The van der Waals surface area contributed by atoms with Crippen molar-refractivity contribution in [1.29, 1.82) is 0 Å². The molecule has 0 spiro atoms. The van der Waals surface area contributed by atoms with Crippen LogP contribution in [0.2, 0.25) is 0 Å². The molecule has 2 aromatic carbocycles. The molecule has 174 valence electrons. The van der Waals surface area contributed by atoms with Crippen molar-refractivity contribution in [3.8, 4) is 11.5 Å². The molecule has 1 unspecified atom stereocenters. The summed E-state index contributed by atoms with van der Waals surface area (Å²) in [6.07, 6.45) is 1.69. The highest BCUT2D eigenvalue weighted by Gasteiger charge is 2.21. The average molecular weight is 447 g/mol. The van der Waals surface area contributed by atoms with Gasteiger partial charge in [-0.15, -0.1) is 0 Å². The fourth-order valence-corrected chi connectivity index (χ4v) is 3.73. The Morgan fingerprint density at radius 2 is 1.88 bits per heavy atom. The molecule has 0 radical (unpaired) electrons. The summed E-state index contributed by atoms with van der Waals surface area (Å²) in [7, 11) is 3.19. The Morgan fingerprint density at radius 3 is 2.53 bits per heavy atom. The first kappa shape index (κ1) is 23.8. The van der Waals surface area contributed by atoms with E-state index < -0.39 is 0 Å². The second kappa shape index (κ2) is 11.7. The van der Waals surface area contributed by atoms with Gasteiger partial charge in [0.15, 0.2) is 29.1 Å². The molecule has 1 saturated heterocycles. The van der Waals surface area contributed by atoms with Crippen molar-refractivity contribution in [3.63, 3.8) is 0 Å². The Balaban J connectivity index is 1.40. The van der Waals surface area contributed by atoms with E-state index in [0.29, 0.717) is 25.1 Å². The van der Waals surface area contributed by atoms with Crippen molar-refractivity contribution in [1.82, 2.24) is 15.5 Å². The van der Waals surface area contributed by atoms with Crippen molar-refractivity contribution in [2.45, 2.75) is 38.5 Å². The topological polar surface area (TPSA) is 58.1 Å². The molecule has 1 aliphatic heterocycles. The number of aliphatic imine (C=N–C) groups is 1. The number of nitrogens with zero attached hydrogens (tertiary/aromatic N) is 2. The number of guanidine groups is 1. The van der Waals surface area contributed by atoms with E-state index >= 15 is 0 Å². The summed E-state index contributed by atoms with van der Waals surface area (Å²) in [4.78, 5) is 6.61. The van der Waals surface area contributed by atoms with Crippen LogP contribution in [0.3, 0.4) is 0 Å². The number of piperidine rings is 1. The van der Waals surface area contributed by atoms with E-state index in [2.05, 4.69) is 20.5 Å². The summed E-state index contributed by atoms with van der Waals surface area (Å²) in [5.74, 6) is 0.512. The van der Waals surface area contributed by atoms with E-state index in [1.54, 1.807) is 37.4 Å². The van der Waals surface area contributed by atoms with Gasteiger partial charge in [-0.1, -0.05) is 18.2 Å². The lowest BCUT2D eigenvalue weighted by Crippen LogP contribution is -2.49. The quantitative estimate of drug-likeness (QED) is 0.480. The molecule has 0 saturated carbocycles. The zero-order valence-electron chi connectivity index (χ0n) is 18.9. The van der Waals surface area contributed by atoms with E-state index in [-0.39, 0.29) is 29.2 Å². The van der Waals surface area contributed by atoms with Gasteiger partial charge >= 0.3 is 0 Å². The van der Waals surface area contributed by atoms with Gasteiger partial charge in [0.05, 0.1) is 13.7 Å². The standard InChI is InChI=1S/C24H32F2N4O2/c1-17(32-23-7-5-4-6-20(23)25)15-28-24(27-2)29-19-10-12-30(13-11-19)16-18-8-9-22(31-3)21(26)14-18/h4-9,14,17,19H,10-13,15-16H2,1-3H3,(H2,27,28,29). The number of methoxy groups -OCH3 is 1. The Kier molecular flexibility index (Phi) is 8.67. The van der Waals surface area contributed by atoms with E-state index in [0.717, 1.165) is 31.5 Å². The van der Waals surface area contributed by atoms with Crippen LogP contribution in [0.4, 0.5) is 8.78 Å². The second-order valence-electron chi connectivity index (χ2n) is 7.98. The summed E-state index contributed by atoms with van der Waals surface area (Å²) in [6.45, 7) is 4.92. The maximum absolute atomic E-state index is 13.9. The highest BCUT2D eigenvalue weighted by Crippen LogP contribution is 2.20. The molecule has 6 nitrogen and oxygen atoms in total. The molecule has 1 aliphatic rings. The summed E-state index contributed by atoms with van der Waals surface area (Å²) in [5.41, 5.74) is 0.941. The number of benzene rings is 2. The third-order valence-electron chi connectivity index (χ3n) is 5.50. The van der Waals surface area contributed by atoms with Crippen LogP contribution in [0, 0.1) is 11.6 Å². The average Bonchev–Trinajstić information content (AvgIpc) is 2.79. The molecule has 32 heavy (non-hydrogen) atoms. The smallest absolute Gasteiger partial charge is 0.191 e. The van der Waals surface area contributed by atoms with Gasteiger partial charge in [-0.05, 0) is 49.6 Å². The summed E-state index contributed by atoms with van der Waals surface area (Å²) in [5, 5.41) is 6.70. The van der Waals surface area contributed by atoms with Crippen molar-refractivity contribution in [3.05, 3.63) is 59.7 Å². The van der Waals surface area contributed by atoms with Crippen LogP contribution in [0.25, 0.3) is 0 Å². The zero-order valence-corrected chi connectivity index (χ0v) is 18.9. The van der Waals surface area contributed by atoms with E-state index in [4.69, 9.17) is 9.47 Å².